The topological polar surface area (TPSA) is 29.5 Å². The second-order valence-corrected chi connectivity index (χ2v) is 2.43. The lowest BCUT2D eigenvalue weighted by atomic mass is 10.1. The van der Waals surface area contributed by atoms with E-state index in [1.54, 1.807) is 0 Å². The highest BCUT2D eigenvalue weighted by atomic mass is 16.5. The Morgan fingerprint density at radius 2 is 2.00 bits per heavy atom. The van der Waals surface area contributed by atoms with Crippen LogP contribution in [0.5, 0.6) is 0 Å². The fourth-order valence-corrected chi connectivity index (χ4v) is 1.08. The van der Waals surface area contributed by atoms with E-state index >= 15 is 0 Å². The third-order valence-corrected chi connectivity index (χ3v) is 1.62. The summed E-state index contributed by atoms with van der Waals surface area (Å²) in [4.78, 5) is 0. The monoisotopic (exact) mass is 212 g/mol. The summed E-state index contributed by atoms with van der Waals surface area (Å²) in [5, 5.41) is 7.00. The normalized spacial score (nSPS) is 18.5. The van der Waals surface area contributed by atoms with Crippen molar-refractivity contribution in [2.45, 2.75) is 34.1 Å². The molecule has 0 aromatic heterocycles. The first-order valence-electron chi connectivity index (χ1n) is 5.49. The molecule has 0 aromatic carbocycles. The summed E-state index contributed by atoms with van der Waals surface area (Å²) in [7, 11) is 1.00. The highest BCUT2D eigenvalue weighted by molar-refractivity contribution is 5.37. The van der Waals surface area contributed by atoms with Crippen LogP contribution in [-0.4, -0.2) is 18.8 Å². The third kappa shape index (κ3) is 6.97. The summed E-state index contributed by atoms with van der Waals surface area (Å²) in [6.45, 7) is 8.85. The van der Waals surface area contributed by atoms with Crippen LogP contribution in [0, 0.1) is 0 Å². The maximum absolute atomic E-state index is 7.00. The smallest absolute Gasteiger partial charge is 0.122 e. The number of aliphatic hydroxyl groups excluding tert-OH is 1. The van der Waals surface area contributed by atoms with Crippen molar-refractivity contribution in [3.05, 3.63) is 35.6 Å². The van der Waals surface area contributed by atoms with Crippen LogP contribution < -0.4 is 0 Å². The Kier molecular flexibility index (Phi) is 14.2. The molecule has 1 heterocycles. The lowest BCUT2D eigenvalue weighted by Gasteiger charge is -2.13. The van der Waals surface area contributed by atoms with Gasteiger partial charge in [-0.3, -0.25) is 0 Å². The Balaban J connectivity index is 0. The summed E-state index contributed by atoms with van der Waals surface area (Å²) in [6.07, 6.45) is 9.34. The van der Waals surface area contributed by atoms with E-state index in [0.717, 1.165) is 19.3 Å². The molecule has 88 valence electrons. The molecule has 0 bridgehead atoms. The van der Waals surface area contributed by atoms with Gasteiger partial charge in [0.15, 0.2) is 0 Å². The predicted molar refractivity (Wildman–Crippen MR) is 66.7 cm³/mol. The largest absolute Gasteiger partial charge is 0.489 e. The van der Waals surface area contributed by atoms with Crippen LogP contribution in [0.4, 0.5) is 0 Å². The summed E-state index contributed by atoms with van der Waals surface area (Å²) >= 11 is 0. The predicted octanol–water partition coefficient (Wildman–Crippen LogP) is 3.45. The van der Waals surface area contributed by atoms with E-state index in [2.05, 4.69) is 25.2 Å². The van der Waals surface area contributed by atoms with Crippen molar-refractivity contribution in [1.29, 1.82) is 0 Å². The van der Waals surface area contributed by atoms with Crippen molar-refractivity contribution in [1.82, 2.24) is 0 Å². The standard InChI is InChI=1S/C10H14O.C2H6.CH4O/c1-3-6-10-9(4-2)7-5-8-11-10;2*1-2/h4-7H,3,8H2,1-2H3;1-2H3;2H,1H3/b9-4-,10-6+;;. The molecular formula is C13H24O2. The average molecular weight is 212 g/mol. The highest BCUT2D eigenvalue weighted by Gasteiger charge is 2.04. The zero-order valence-electron chi connectivity index (χ0n) is 10.6. The number of hydrogen-bond donors (Lipinski definition) is 1. The van der Waals surface area contributed by atoms with Crippen LogP contribution in [0.25, 0.3) is 0 Å². The maximum atomic E-state index is 7.00. The zero-order valence-corrected chi connectivity index (χ0v) is 10.6. The molecule has 1 N–H and O–H groups in total. The molecule has 0 saturated carbocycles. The molecule has 0 unspecified atom stereocenters. The van der Waals surface area contributed by atoms with Crippen LogP contribution in [0.3, 0.4) is 0 Å². The van der Waals surface area contributed by atoms with Crippen molar-refractivity contribution in [3.63, 3.8) is 0 Å². The van der Waals surface area contributed by atoms with E-state index < -0.39 is 0 Å². The molecule has 0 spiro atoms. The number of ether oxygens (including phenoxy) is 1. The van der Waals surface area contributed by atoms with Crippen molar-refractivity contribution in [3.8, 4) is 0 Å². The van der Waals surface area contributed by atoms with Crippen LogP contribution in [0.15, 0.2) is 35.6 Å². The minimum absolute atomic E-state index is 0.711. The number of rotatable bonds is 1. The molecule has 0 atom stereocenters. The molecular weight excluding hydrogens is 188 g/mol. The van der Waals surface area contributed by atoms with Gasteiger partial charge < -0.3 is 9.84 Å². The molecule has 2 heteroatoms. The number of aliphatic hydroxyl groups is 1. The molecule has 0 aromatic rings. The minimum atomic E-state index is 0.711. The average Bonchev–Trinajstić information content (AvgIpc) is 2.35. The van der Waals surface area contributed by atoms with Gasteiger partial charge in [-0.25, -0.2) is 0 Å². The minimum Gasteiger partial charge on any atom is -0.489 e. The fourth-order valence-electron chi connectivity index (χ4n) is 1.08. The van der Waals surface area contributed by atoms with Crippen molar-refractivity contribution < 1.29 is 9.84 Å². The van der Waals surface area contributed by atoms with E-state index in [0.29, 0.717) is 6.61 Å². The molecule has 1 rings (SSSR count). The van der Waals surface area contributed by atoms with Crippen LogP contribution in [0.2, 0.25) is 0 Å². The van der Waals surface area contributed by atoms with E-state index in [1.165, 1.54) is 5.57 Å². The second kappa shape index (κ2) is 13.0. The van der Waals surface area contributed by atoms with E-state index in [9.17, 15) is 0 Å². The summed E-state index contributed by atoms with van der Waals surface area (Å²) in [5.74, 6) is 1.03. The van der Waals surface area contributed by atoms with Gasteiger partial charge in [0.1, 0.15) is 12.4 Å². The van der Waals surface area contributed by atoms with Gasteiger partial charge in [0, 0.05) is 12.7 Å². The highest BCUT2D eigenvalue weighted by Crippen LogP contribution is 2.17. The molecule has 0 radical (unpaired) electrons. The number of hydrogen-bond acceptors (Lipinski definition) is 2. The Bertz CT molecular complexity index is 213. The van der Waals surface area contributed by atoms with Gasteiger partial charge in [-0.1, -0.05) is 32.9 Å². The third-order valence-electron chi connectivity index (χ3n) is 1.62. The van der Waals surface area contributed by atoms with Crippen LogP contribution in [0.1, 0.15) is 34.1 Å². The Morgan fingerprint density at radius 1 is 1.40 bits per heavy atom. The van der Waals surface area contributed by atoms with Crippen molar-refractivity contribution in [2.24, 2.45) is 0 Å². The molecule has 0 amide bonds. The SMILES string of the molecule is C/C=C1/C=CCO/C1=C/CC.CC.CO. The lowest BCUT2D eigenvalue weighted by molar-refractivity contribution is 0.250. The maximum Gasteiger partial charge on any atom is 0.122 e. The summed E-state index contributed by atoms with van der Waals surface area (Å²) < 4.78 is 5.43. The quantitative estimate of drug-likeness (QED) is 0.721. The van der Waals surface area contributed by atoms with Crippen molar-refractivity contribution >= 4 is 0 Å². The molecule has 2 nitrogen and oxygen atoms in total. The molecule has 0 fully saturated rings. The zero-order chi connectivity index (χ0) is 12.1. The van der Waals surface area contributed by atoms with Crippen LogP contribution >= 0.6 is 0 Å². The van der Waals surface area contributed by atoms with Gasteiger partial charge in [-0.15, -0.1) is 0 Å². The first kappa shape index (κ1) is 16.4. The van der Waals surface area contributed by atoms with Gasteiger partial charge in [0.25, 0.3) is 0 Å². The molecule has 1 aliphatic heterocycles. The molecule has 0 saturated heterocycles. The van der Waals surface area contributed by atoms with Gasteiger partial charge in [-0.05, 0) is 25.5 Å². The van der Waals surface area contributed by atoms with Gasteiger partial charge in [-0.2, -0.15) is 0 Å². The Hall–Kier alpha value is -1.02. The van der Waals surface area contributed by atoms with E-state index in [1.807, 2.05) is 26.8 Å². The molecule has 1 aliphatic rings. The fraction of sp³-hybridized carbons (Fsp3) is 0.538. The molecule has 0 aliphatic carbocycles. The second-order valence-electron chi connectivity index (χ2n) is 2.43. The first-order chi connectivity index (χ1) is 7.38. The van der Waals surface area contributed by atoms with Crippen molar-refractivity contribution in [2.75, 3.05) is 13.7 Å². The summed E-state index contributed by atoms with van der Waals surface area (Å²) in [5.41, 5.74) is 1.19. The summed E-state index contributed by atoms with van der Waals surface area (Å²) in [6, 6.07) is 0. The number of allylic oxidation sites excluding steroid dienone is 3. The first-order valence-corrected chi connectivity index (χ1v) is 5.49. The van der Waals surface area contributed by atoms with Gasteiger partial charge >= 0.3 is 0 Å². The lowest BCUT2D eigenvalue weighted by Crippen LogP contribution is -2.00. The van der Waals surface area contributed by atoms with E-state index in [-0.39, 0.29) is 0 Å². The Morgan fingerprint density at radius 3 is 2.47 bits per heavy atom. The molecule has 15 heavy (non-hydrogen) atoms. The Labute approximate surface area is 94.0 Å². The van der Waals surface area contributed by atoms with Crippen LogP contribution in [-0.2, 0) is 4.74 Å². The van der Waals surface area contributed by atoms with E-state index in [4.69, 9.17) is 9.84 Å². The van der Waals surface area contributed by atoms with Gasteiger partial charge in [0.2, 0.25) is 0 Å². The van der Waals surface area contributed by atoms with Gasteiger partial charge in [0.05, 0.1) is 0 Å².